The zero-order chi connectivity index (χ0) is 13.3. The molecule has 0 bridgehead atoms. The minimum atomic E-state index is 0.440. The Hall–Kier alpha value is -0.0800. The van der Waals surface area contributed by atoms with E-state index in [2.05, 4.69) is 32.6 Å². The number of likely N-dealkylation sites (tertiary alicyclic amines) is 1. The Bertz CT molecular complexity index is 264. The SMILES string of the molecule is CC1CCC(C(C)C)C(N2CCC(N)CC2C)C1. The van der Waals surface area contributed by atoms with Crippen LogP contribution in [0.4, 0.5) is 0 Å². The van der Waals surface area contributed by atoms with E-state index in [1.54, 1.807) is 0 Å². The fourth-order valence-corrected chi connectivity index (χ4v) is 4.25. The third-order valence-corrected chi connectivity index (χ3v) is 5.38. The van der Waals surface area contributed by atoms with Crippen LogP contribution in [-0.4, -0.2) is 29.6 Å². The molecule has 1 aliphatic carbocycles. The van der Waals surface area contributed by atoms with Crippen LogP contribution in [-0.2, 0) is 0 Å². The molecule has 5 unspecified atom stereocenters. The number of piperidine rings is 1. The predicted octanol–water partition coefficient (Wildman–Crippen LogP) is 3.26. The lowest BCUT2D eigenvalue weighted by molar-refractivity contribution is 0.0121. The Morgan fingerprint density at radius 1 is 1.06 bits per heavy atom. The third-order valence-electron chi connectivity index (χ3n) is 5.38. The van der Waals surface area contributed by atoms with Crippen molar-refractivity contribution in [1.82, 2.24) is 4.90 Å². The first-order chi connectivity index (χ1) is 8.49. The van der Waals surface area contributed by atoms with Crippen molar-refractivity contribution in [1.29, 1.82) is 0 Å². The molecule has 2 heteroatoms. The molecule has 1 heterocycles. The lowest BCUT2D eigenvalue weighted by Gasteiger charge is -2.49. The summed E-state index contributed by atoms with van der Waals surface area (Å²) in [6, 6.07) is 1.94. The van der Waals surface area contributed by atoms with Crippen LogP contribution < -0.4 is 5.73 Å². The Balaban J connectivity index is 2.07. The van der Waals surface area contributed by atoms with Crippen LogP contribution in [0, 0.1) is 17.8 Å². The van der Waals surface area contributed by atoms with Crippen molar-refractivity contribution in [3.8, 4) is 0 Å². The molecule has 1 aliphatic heterocycles. The first kappa shape index (κ1) is 14.3. The molecule has 0 amide bonds. The molecule has 2 N–H and O–H groups in total. The molecule has 2 fully saturated rings. The topological polar surface area (TPSA) is 29.3 Å². The van der Waals surface area contributed by atoms with E-state index in [0.29, 0.717) is 12.1 Å². The molecule has 2 aliphatic rings. The number of hydrogen-bond donors (Lipinski definition) is 1. The zero-order valence-corrected chi connectivity index (χ0v) is 12.7. The smallest absolute Gasteiger partial charge is 0.0131 e. The number of nitrogens with two attached hydrogens (primary N) is 1. The van der Waals surface area contributed by atoms with Crippen LogP contribution in [0.1, 0.15) is 59.8 Å². The number of rotatable bonds is 2. The molecule has 0 aromatic heterocycles. The van der Waals surface area contributed by atoms with E-state index in [4.69, 9.17) is 5.73 Å². The first-order valence-electron chi connectivity index (χ1n) is 8.00. The summed E-state index contributed by atoms with van der Waals surface area (Å²) < 4.78 is 0. The second-order valence-corrected chi connectivity index (χ2v) is 7.26. The normalized spacial score (nSPS) is 43.3. The Morgan fingerprint density at radius 2 is 1.78 bits per heavy atom. The van der Waals surface area contributed by atoms with Crippen molar-refractivity contribution in [2.75, 3.05) is 6.54 Å². The maximum absolute atomic E-state index is 6.11. The largest absolute Gasteiger partial charge is 0.328 e. The van der Waals surface area contributed by atoms with Crippen LogP contribution >= 0.6 is 0 Å². The van der Waals surface area contributed by atoms with Gasteiger partial charge in [-0.15, -0.1) is 0 Å². The average Bonchev–Trinajstić information content (AvgIpc) is 2.28. The van der Waals surface area contributed by atoms with E-state index in [0.717, 1.165) is 23.8 Å². The maximum Gasteiger partial charge on any atom is 0.0131 e. The van der Waals surface area contributed by atoms with Gasteiger partial charge in [0.05, 0.1) is 0 Å². The van der Waals surface area contributed by atoms with Crippen molar-refractivity contribution >= 4 is 0 Å². The Kier molecular flexibility index (Phi) is 4.71. The van der Waals surface area contributed by atoms with Gasteiger partial charge in [-0.25, -0.2) is 0 Å². The highest BCUT2D eigenvalue weighted by Crippen LogP contribution is 2.38. The van der Waals surface area contributed by atoms with Crippen molar-refractivity contribution < 1.29 is 0 Å². The molecule has 0 spiro atoms. The van der Waals surface area contributed by atoms with Gasteiger partial charge in [0.1, 0.15) is 0 Å². The van der Waals surface area contributed by atoms with E-state index >= 15 is 0 Å². The highest BCUT2D eigenvalue weighted by Gasteiger charge is 2.37. The molecular formula is C16H32N2. The van der Waals surface area contributed by atoms with E-state index < -0.39 is 0 Å². The van der Waals surface area contributed by atoms with E-state index in [1.165, 1.54) is 38.6 Å². The van der Waals surface area contributed by atoms with Gasteiger partial charge in [-0.2, -0.15) is 0 Å². The zero-order valence-electron chi connectivity index (χ0n) is 12.7. The summed E-state index contributed by atoms with van der Waals surface area (Å²) in [5.41, 5.74) is 6.11. The van der Waals surface area contributed by atoms with Crippen LogP contribution in [0.3, 0.4) is 0 Å². The van der Waals surface area contributed by atoms with E-state index in [1.807, 2.05) is 0 Å². The average molecular weight is 252 g/mol. The van der Waals surface area contributed by atoms with Gasteiger partial charge in [-0.1, -0.05) is 27.2 Å². The predicted molar refractivity (Wildman–Crippen MR) is 78.5 cm³/mol. The Morgan fingerprint density at radius 3 is 2.39 bits per heavy atom. The quantitative estimate of drug-likeness (QED) is 0.817. The van der Waals surface area contributed by atoms with Crippen LogP contribution in [0.25, 0.3) is 0 Å². The molecule has 106 valence electrons. The van der Waals surface area contributed by atoms with Crippen LogP contribution in [0.2, 0.25) is 0 Å². The highest BCUT2D eigenvalue weighted by molar-refractivity contribution is 4.92. The molecular weight excluding hydrogens is 220 g/mol. The first-order valence-corrected chi connectivity index (χ1v) is 8.00. The standard InChI is InChI=1S/C16H32N2/c1-11(2)15-6-5-12(3)9-16(15)18-8-7-14(17)10-13(18)4/h11-16H,5-10,17H2,1-4H3. The van der Waals surface area contributed by atoms with Crippen molar-refractivity contribution in [3.63, 3.8) is 0 Å². The summed E-state index contributed by atoms with van der Waals surface area (Å²) >= 11 is 0. The summed E-state index contributed by atoms with van der Waals surface area (Å²) in [6.07, 6.45) is 6.65. The van der Waals surface area contributed by atoms with Gasteiger partial charge in [0.15, 0.2) is 0 Å². The molecule has 0 aromatic rings. The van der Waals surface area contributed by atoms with Gasteiger partial charge in [0.25, 0.3) is 0 Å². The van der Waals surface area contributed by atoms with Crippen molar-refractivity contribution in [2.45, 2.75) is 77.9 Å². The lowest BCUT2D eigenvalue weighted by atomic mass is 9.72. The fourth-order valence-electron chi connectivity index (χ4n) is 4.25. The maximum atomic E-state index is 6.11. The van der Waals surface area contributed by atoms with Crippen LogP contribution in [0.15, 0.2) is 0 Å². The molecule has 1 saturated carbocycles. The van der Waals surface area contributed by atoms with Crippen LogP contribution in [0.5, 0.6) is 0 Å². The fraction of sp³-hybridized carbons (Fsp3) is 1.00. The lowest BCUT2D eigenvalue weighted by Crippen LogP contribution is -2.54. The summed E-state index contributed by atoms with van der Waals surface area (Å²) in [6.45, 7) is 10.9. The van der Waals surface area contributed by atoms with Gasteiger partial charge in [0.2, 0.25) is 0 Å². The molecule has 1 saturated heterocycles. The van der Waals surface area contributed by atoms with Crippen molar-refractivity contribution in [3.05, 3.63) is 0 Å². The molecule has 0 radical (unpaired) electrons. The molecule has 0 aromatic carbocycles. The van der Waals surface area contributed by atoms with E-state index in [9.17, 15) is 0 Å². The third kappa shape index (κ3) is 3.08. The molecule has 18 heavy (non-hydrogen) atoms. The highest BCUT2D eigenvalue weighted by atomic mass is 15.2. The summed E-state index contributed by atoms with van der Waals surface area (Å²) in [4.78, 5) is 2.80. The summed E-state index contributed by atoms with van der Waals surface area (Å²) in [5, 5.41) is 0. The summed E-state index contributed by atoms with van der Waals surface area (Å²) in [7, 11) is 0. The monoisotopic (exact) mass is 252 g/mol. The van der Waals surface area contributed by atoms with Gasteiger partial charge in [0, 0.05) is 24.7 Å². The van der Waals surface area contributed by atoms with Gasteiger partial charge in [-0.05, 0) is 50.4 Å². The number of nitrogens with zero attached hydrogens (tertiary/aromatic N) is 1. The summed E-state index contributed by atoms with van der Waals surface area (Å²) in [5.74, 6) is 2.64. The number of hydrogen-bond acceptors (Lipinski definition) is 2. The molecule has 5 atom stereocenters. The minimum absolute atomic E-state index is 0.440. The van der Waals surface area contributed by atoms with Gasteiger partial charge < -0.3 is 5.73 Å². The minimum Gasteiger partial charge on any atom is -0.328 e. The second-order valence-electron chi connectivity index (χ2n) is 7.26. The second kappa shape index (κ2) is 5.92. The molecule has 2 nitrogen and oxygen atoms in total. The Labute approximate surface area is 113 Å². The van der Waals surface area contributed by atoms with Crippen molar-refractivity contribution in [2.24, 2.45) is 23.5 Å². The van der Waals surface area contributed by atoms with Gasteiger partial charge in [-0.3, -0.25) is 4.90 Å². The van der Waals surface area contributed by atoms with Gasteiger partial charge >= 0.3 is 0 Å². The van der Waals surface area contributed by atoms with E-state index in [-0.39, 0.29) is 0 Å². The molecule has 2 rings (SSSR count).